The molecule has 0 saturated heterocycles. The van der Waals surface area contributed by atoms with Gasteiger partial charge in [0.25, 0.3) is 5.91 Å². The lowest BCUT2D eigenvalue weighted by molar-refractivity contribution is 0.102. The van der Waals surface area contributed by atoms with Crippen molar-refractivity contribution in [2.45, 2.75) is 6.92 Å². The number of nitrogens with one attached hydrogen (secondary N) is 1. The largest absolute Gasteiger partial charge is 0.322 e. The van der Waals surface area contributed by atoms with E-state index in [9.17, 15) is 4.79 Å². The van der Waals surface area contributed by atoms with E-state index in [1.54, 1.807) is 29.5 Å². The molecule has 0 aliphatic rings. The Morgan fingerprint density at radius 3 is 2.67 bits per heavy atom. The minimum atomic E-state index is -0.299. The summed E-state index contributed by atoms with van der Waals surface area (Å²) in [5.41, 5.74) is 3.97. The number of benzene rings is 3. The first-order chi connectivity index (χ1) is 13.0. The molecule has 0 radical (unpaired) electrons. The smallest absolute Gasteiger partial charge is 0.257 e. The Morgan fingerprint density at radius 1 is 1.04 bits per heavy atom. The van der Waals surface area contributed by atoms with Crippen LogP contribution in [0, 0.1) is 6.92 Å². The number of thiazole rings is 1. The zero-order chi connectivity index (χ0) is 19.0. The molecule has 1 N–H and O–H groups in total. The Balaban J connectivity index is 1.69. The molecule has 0 spiro atoms. The van der Waals surface area contributed by atoms with Crippen LogP contribution in [0.3, 0.4) is 0 Å². The molecule has 0 aliphatic heterocycles. The third-order valence-corrected chi connectivity index (χ3v) is 5.91. The first-order valence-electron chi connectivity index (χ1n) is 8.25. The number of halogens is 2. The number of nitrogens with zero attached hydrogens (tertiary/aromatic N) is 1. The molecule has 1 aromatic heterocycles. The summed E-state index contributed by atoms with van der Waals surface area (Å²) in [5.74, 6) is -0.299. The molecule has 6 heteroatoms. The summed E-state index contributed by atoms with van der Waals surface area (Å²) in [6.45, 7) is 1.97. The van der Waals surface area contributed by atoms with Gasteiger partial charge in [-0.05, 0) is 48.9 Å². The zero-order valence-corrected chi connectivity index (χ0v) is 16.6. The van der Waals surface area contributed by atoms with Gasteiger partial charge < -0.3 is 5.32 Å². The van der Waals surface area contributed by atoms with Gasteiger partial charge in [0.2, 0.25) is 0 Å². The van der Waals surface area contributed by atoms with Gasteiger partial charge in [0.1, 0.15) is 5.01 Å². The van der Waals surface area contributed by atoms with E-state index in [1.807, 2.05) is 43.3 Å². The third kappa shape index (κ3) is 3.56. The minimum Gasteiger partial charge on any atom is -0.322 e. The number of hydrogen-bond acceptors (Lipinski definition) is 3. The van der Waals surface area contributed by atoms with E-state index in [2.05, 4.69) is 11.4 Å². The fraction of sp³-hybridized carbons (Fsp3) is 0.0476. The topological polar surface area (TPSA) is 42.0 Å². The second-order valence-electron chi connectivity index (χ2n) is 6.04. The highest BCUT2D eigenvalue weighted by Crippen LogP contribution is 2.34. The molecule has 0 bridgehead atoms. The molecule has 0 unspecified atom stereocenters. The van der Waals surface area contributed by atoms with Crippen LogP contribution in [-0.2, 0) is 0 Å². The van der Waals surface area contributed by atoms with Gasteiger partial charge in [0.05, 0.1) is 20.8 Å². The fourth-order valence-corrected chi connectivity index (χ4v) is 4.28. The Morgan fingerprint density at radius 2 is 1.85 bits per heavy atom. The molecule has 0 aliphatic carbocycles. The number of carbonyl (C=O) groups excluding carboxylic acids is 1. The summed E-state index contributed by atoms with van der Waals surface area (Å²) in [7, 11) is 0. The zero-order valence-electron chi connectivity index (χ0n) is 14.3. The van der Waals surface area contributed by atoms with Crippen molar-refractivity contribution in [2.75, 3.05) is 5.32 Å². The van der Waals surface area contributed by atoms with Gasteiger partial charge in [0, 0.05) is 16.3 Å². The van der Waals surface area contributed by atoms with Crippen LogP contribution in [0.2, 0.25) is 10.0 Å². The van der Waals surface area contributed by atoms with E-state index in [0.29, 0.717) is 21.3 Å². The van der Waals surface area contributed by atoms with Crippen molar-refractivity contribution in [2.24, 2.45) is 0 Å². The minimum absolute atomic E-state index is 0.299. The summed E-state index contributed by atoms with van der Waals surface area (Å²) in [6.07, 6.45) is 0. The van der Waals surface area contributed by atoms with Crippen LogP contribution >= 0.6 is 34.5 Å². The first-order valence-corrected chi connectivity index (χ1v) is 9.82. The lowest BCUT2D eigenvalue weighted by Crippen LogP contribution is -2.13. The van der Waals surface area contributed by atoms with E-state index in [1.165, 1.54) is 0 Å². The molecule has 1 amide bonds. The maximum atomic E-state index is 12.7. The van der Waals surface area contributed by atoms with Gasteiger partial charge in [-0.3, -0.25) is 4.79 Å². The number of aromatic nitrogens is 1. The van der Waals surface area contributed by atoms with E-state index >= 15 is 0 Å². The maximum Gasteiger partial charge on any atom is 0.257 e. The van der Waals surface area contributed by atoms with Gasteiger partial charge in [0.15, 0.2) is 0 Å². The molecule has 0 atom stereocenters. The summed E-state index contributed by atoms with van der Waals surface area (Å²) in [6, 6.07) is 18.6. The van der Waals surface area contributed by atoms with Crippen molar-refractivity contribution >= 4 is 56.3 Å². The maximum absolute atomic E-state index is 12.7. The molecule has 0 fully saturated rings. The Kier molecular flexibility index (Phi) is 4.87. The number of fused-ring (bicyclic) bond motifs is 1. The van der Waals surface area contributed by atoms with Crippen LogP contribution in [0.5, 0.6) is 0 Å². The summed E-state index contributed by atoms with van der Waals surface area (Å²) >= 11 is 13.8. The first kappa shape index (κ1) is 18.0. The van der Waals surface area contributed by atoms with Crippen molar-refractivity contribution < 1.29 is 4.79 Å². The molecule has 134 valence electrons. The average molecular weight is 413 g/mol. The highest BCUT2D eigenvalue weighted by molar-refractivity contribution is 7.21. The van der Waals surface area contributed by atoms with E-state index in [4.69, 9.17) is 28.2 Å². The van der Waals surface area contributed by atoms with Crippen LogP contribution in [0.1, 0.15) is 15.9 Å². The van der Waals surface area contributed by atoms with E-state index in [-0.39, 0.29) is 5.91 Å². The summed E-state index contributed by atoms with van der Waals surface area (Å²) < 4.78 is 1.13. The predicted molar refractivity (Wildman–Crippen MR) is 114 cm³/mol. The lowest BCUT2D eigenvalue weighted by Gasteiger charge is -2.12. The van der Waals surface area contributed by atoms with Crippen molar-refractivity contribution in [1.82, 2.24) is 4.98 Å². The standard InChI is InChI=1S/C21H14Cl2N2OS/c1-12-14(21-25-18-6-2-3-8-19(18)27-21)5-4-7-17(12)24-20(26)15-11-13(22)9-10-16(15)23/h2-11H,1H3,(H,24,26). The number of hydrogen-bond donors (Lipinski definition) is 1. The van der Waals surface area contributed by atoms with Crippen molar-refractivity contribution in [1.29, 1.82) is 0 Å². The second-order valence-corrected chi connectivity index (χ2v) is 7.92. The molecular weight excluding hydrogens is 399 g/mol. The van der Waals surface area contributed by atoms with Crippen LogP contribution in [0.25, 0.3) is 20.8 Å². The molecular formula is C21H14Cl2N2OS. The van der Waals surface area contributed by atoms with Gasteiger partial charge in [-0.25, -0.2) is 4.98 Å². The van der Waals surface area contributed by atoms with Crippen LogP contribution in [-0.4, -0.2) is 10.9 Å². The highest BCUT2D eigenvalue weighted by atomic mass is 35.5. The third-order valence-electron chi connectivity index (χ3n) is 4.28. The molecule has 4 rings (SSSR count). The molecule has 4 aromatic rings. The van der Waals surface area contributed by atoms with Crippen LogP contribution in [0.4, 0.5) is 5.69 Å². The Labute approximate surface area is 170 Å². The van der Waals surface area contributed by atoms with E-state index < -0.39 is 0 Å². The molecule has 0 saturated carbocycles. The SMILES string of the molecule is Cc1c(NC(=O)c2cc(Cl)ccc2Cl)cccc1-c1nc2ccccc2s1. The summed E-state index contributed by atoms with van der Waals surface area (Å²) in [4.78, 5) is 17.4. The van der Waals surface area contributed by atoms with Gasteiger partial charge in [-0.2, -0.15) is 0 Å². The average Bonchev–Trinajstić information content (AvgIpc) is 3.09. The number of rotatable bonds is 3. The van der Waals surface area contributed by atoms with Crippen LogP contribution < -0.4 is 5.32 Å². The second kappa shape index (κ2) is 7.31. The monoisotopic (exact) mass is 412 g/mol. The fourth-order valence-electron chi connectivity index (χ4n) is 2.85. The molecule has 3 nitrogen and oxygen atoms in total. The normalized spacial score (nSPS) is 10.9. The molecule has 3 aromatic carbocycles. The van der Waals surface area contributed by atoms with Crippen molar-refractivity contribution in [3.05, 3.63) is 81.8 Å². The van der Waals surface area contributed by atoms with Crippen molar-refractivity contribution in [3.63, 3.8) is 0 Å². The van der Waals surface area contributed by atoms with E-state index in [0.717, 1.165) is 26.4 Å². The quantitative estimate of drug-likeness (QED) is 0.400. The highest BCUT2D eigenvalue weighted by Gasteiger charge is 2.15. The van der Waals surface area contributed by atoms with Gasteiger partial charge in [-0.15, -0.1) is 11.3 Å². The Hall–Kier alpha value is -2.40. The lowest BCUT2D eigenvalue weighted by atomic mass is 10.1. The van der Waals surface area contributed by atoms with Gasteiger partial charge in [-0.1, -0.05) is 47.5 Å². The summed E-state index contributed by atoms with van der Waals surface area (Å²) in [5, 5.41) is 4.68. The number of anilines is 1. The van der Waals surface area contributed by atoms with Gasteiger partial charge >= 0.3 is 0 Å². The number of para-hydroxylation sites is 1. The number of carbonyl (C=O) groups is 1. The van der Waals surface area contributed by atoms with Crippen LogP contribution in [0.15, 0.2) is 60.7 Å². The number of amides is 1. The Bertz CT molecular complexity index is 1140. The van der Waals surface area contributed by atoms with Crippen molar-refractivity contribution in [3.8, 4) is 10.6 Å². The predicted octanol–water partition coefficient (Wildman–Crippen LogP) is 6.83. The molecule has 1 heterocycles. The molecule has 27 heavy (non-hydrogen) atoms.